The molecule has 3 heteroatoms. The van der Waals surface area contributed by atoms with Crippen molar-refractivity contribution in [3.63, 3.8) is 0 Å². The fourth-order valence-corrected chi connectivity index (χ4v) is 3.07. The topological polar surface area (TPSA) is 32.3 Å². The summed E-state index contributed by atoms with van der Waals surface area (Å²) in [5.41, 5.74) is 0. The van der Waals surface area contributed by atoms with Crippen molar-refractivity contribution in [3.8, 4) is 5.75 Å². The molecule has 0 saturated heterocycles. The predicted octanol–water partition coefficient (Wildman–Crippen LogP) is 3.25. The summed E-state index contributed by atoms with van der Waals surface area (Å²) in [6.45, 7) is 0.934. The summed E-state index contributed by atoms with van der Waals surface area (Å²) >= 11 is 1.69. The number of rotatable bonds is 3. The van der Waals surface area contributed by atoms with E-state index in [4.69, 9.17) is 0 Å². The number of hydrogen-bond donors (Lipinski definition) is 2. The van der Waals surface area contributed by atoms with E-state index in [-0.39, 0.29) is 0 Å². The highest BCUT2D eigenvalue weighted by molar-refractivity contribution is 7.19. The lowest BCUT2D eigenvalue weighted by Crippen LogP contribution is -2.34. The number of aromatic hydroxyl groups is 1. The maximum absolute atomic E-state index is 9.71. The smallest absolute Gasteiger partial charge is 0.133 e. The Balaban J connectivity index is 1.79. The van der Waals surface area contributed by atoms with Gasteiger partial charge < -0.3 is 10.4 Å². The number of hydrogen-bond acceptors (Lipinski definition) is 3. The summed E-state index contributed by atoms with van der Waals surface area (Å²) in [7, 11) is 0. The molecule has 2 nitrogen and oxygen atoms in total. The summed E-state index contributed by atoms with van der Waals surface area (Å²) in [6, 6.07) is 8.60. The van der Waals surface area contributed by atoms with Gasteiger partial charge in [-0.25, -0.2) is 0 Å². The minimum Gasteiger partial charge on any atom is -0.506 e. The highest BCUT2D eigenvalue weighted by atomic mass is 32.1. The molecule has 1 saturated carbocycles. The van der Waals surface area contributed by atoms with Crippen LogP contribution in [0.1, 0.15) is 24.1 Å². The molecule has 84 valence electrons. The third kappa shape index (κ3) is 1.81. The number of nitrogens with one attached hydrogen (secondary N) is 1. The maximum Gasteiger partial charge on any atom is 0.133 e. The van der Waals surface area contributed by atoms with E-state index in [1.807, 2.05) is 6.07 Å². The zero-order chi connectivity index (χ0) is 11.0. The third-order valence-corrected chi connectivity index (χ3v) is 4.42. The minimum absolute atomic E-state index is 0.400. The van der Waals surface area contributed by atoms with E-state index in [0.717, 1.165) is 22.7 Å². The SMILES string of the molecule is Oc1cccc2cc(CNC3CCC3)sc12. The van der Waals surface area contributed by atoms with E-state index in [9.17, 15) is 5.11 Å². The molecule has 0 spiro atoms. The van der Waals surface area contributed by atoms with Crippen molar-refractivity contribution in [2.45, 2.75) is 31.8 Å². The molecule has 1 aromatic carbocycles. The van der Waals surface area contributed by atoms with Crippen LogP contribution in [0.5, 0.6) is 5.75 Å². The lowest BCUT2D eigenvalue weighted by molar-refractivity contribution is 0.339. The van der Waals surface area contributed by atoms with E-state index in [1.165, 1.54) is 24.1 Å². The molecule has 16 heavy (non-hydrogen) atoms. The second-order valence-electron chi connectivity index (χ2n) is 4.42. The molecule has 1 fully saturated rings. The van der Waals surface area contributed by atoms with E-state index < -0.39 is 0 Å². The first-order valence-corrected chi connectivity index (χ1v) is 6.58. The lowest BCUT2D eigenvalue weighted by atomic mass is 9.93. The molecule has 1 heterocycles. The molecule has 2 aromatic rings. The summed E-state index contributed by atoms with van der Waals surface area (Å²) < 4.78 is 1.01. The fraction of sp³-hybridized carbons (Fsp3) is 0.385. The highest BCUT2D eigenvalue weighted by Crippen LogP contribution is 2.32. The third-order valence-electron chi connectivity index (χ3n) is 3.24. The van der Waals surface area contributed by atoms with Gasteiger partial charge in [0.15, 0.2) is 0 Å². The van der Waals surface area contributed by atoms with Gasteiger partial charge in [-0.3, -0.25) is 0 Å². The Bertz CT molecular complexity index is 502. The first kappa shape index (κ1) is 10.1. The zero-order valence-electron chi connectivity index (χ0n) is 9.07. The summed E-state index contributed by atoms with van der Waals surface area (Å²) in [5.74, 6) is 0.400. The molecule has 1 aromatic heterocycles. The van der Waals surface area contributed by atoms with Crippen LogP contribution < -0.4 is 5.32 Å². The van der Waals surface area contributed by atoms with Crippen LogP contribution in [-0.4, -0.2) is 11.1 Å². The molecule has 3 rings (SSSR count). The quantitative estimate of drug-likeness (QED) is 0.853. The monoisotopic (exact) mass is 233 g/mol. The predicted molar refractivity (Wildman–Crippen MR) is 68.0 cm³/mol. The molecule has 2 N–H and O–H groups in total. The van der Waals surface area contributed by atoms with Crippen LogP contribution in [0.15, 0.2) is 24.3 Å². The molecule has 0 unspecified atom stereocenters. The van der Waals surface area contributed by atoms with Crippen molar-refractivity contribution in [2.75, 3.05) is 0 Å². The van der Waals surface area contributed by atoms with Gasteiger partial charge in [0, 0.05) is 17.5 Å². The average molecular weight is 233 g/mol. The Hall–Kier alpha value is -1.06. The van der Waals surface area contributed by atoms with E-state index in [2.05, 4.69) is 17.4 Å². The lowest BCUT2D eigenvalue weighted by Gasteiger charge is -2.26. The van der Waals surface area contributed by atoms with Crippen molar-refractivity contribution in [1.82, 2.24) is 5.32 Å². The molecule has 0 radical (unpaired) electrons. The first-order chi connectivity index (χ1) is 7.83. The Morgan fingerprint density at radius 1 is 1.38 bits per heavy atom. The van der Waals surface area contributed by atoms with Gasteiger partial charge in [-0.15, -0.1) is 11.3 Å². The fourth-order valence-electron chi connectivity index (χ4n) is 2.05. The van der Waals surface area contributed by atoms with Crippen LogP contribution in [0.2, 0.25) is 0 Å². The molecule has 0 atom stereocenters. The van der Waals surface area contributed by atoms with Crippen LogP contribution in [0.25, 0.3) is 10.1 Å². The van der Waals surface area contributed by atoms with Crippen LogP contribution in [0, 0.1) is 0 Å². The van der Waals surface area contributed by atoms with Gasteiger partial charge in [-0.2, -0.15) is 0 Å². The van der Waals surface area contributed by atoms with Gasteiger partial charge in [-0.1, -0.05) is 18.6 Å². The molecule has 1 aliphatic carbocycles. The van der Waals surface area contributed by atoms with Gasteiger partial charge in [0.1, 0.15) is 5.75 Å². The molecular weight excluding hydrogens is 218 g/mol. The number of fused-ring (bicyclic) bond motifs is 1. The van der Waals surface area contributed by atoms with Crippen molar-refractivity contribution >= 4 is 21.4 Å². The minimum atomic E-state index is 0.400. The molecule has 0 amide bonds. The molecular formula is C13H15NOS. The summed E-state index contributed by atoms with van der Waals surface area (Å²) in [5, 5.41) is 14.4. The average Bonchev–Trinajstić information content (AvgIpc) is 2.60. The van der Waals surface area contributed by atoms with Crippen molar-refractivity contribution < 1.29 is 5.11 Å². The maximum atomic E-state index is 9.71. The van der Waals surface area contributed by atoms with Crippen molar-refractivity contribution in [1.29, 1.82) is 0 Å². The largest absolute Gasteiger partial charge is 0.506 e. The number of phenolic OH excluding ortho intramolecular Hbond substituents is 1. The van der Waals surface area contributed by atoms with Gasteiger partial charge in [0.05, 0.1) is 4.70 Å². The second-order valence-corrected chi connectivity index (χ2v) is 5.55. The van der Waals surface area contributed by atoms with Gasteiger partial charge >= 0.3 is 0 Å². The van der Waals surface area contributed by atoms with Gasteiger partial charge in [-0.05, 0) is 30.4 Å². The number of benzene rings is 1. The van der Waals surface area contributed by atoms with Gasteiger partial charge in [0.25, 0.3) is 0 Å². The summed E-state index contributed by atoms with van der Waals surface area (Å²) in [4.78, 5) is 1.31. The Labute approximate surface area is 98.9 Å². The summed E-state index contributed by atoms with van der Waals surface area (Å²) in [6.07, 6.45) is 4.00. The second kappa shape index (κ2) is 4.07. The molecule has 1 aliphatic rings. The Morgan fingerprint density at radius 3 is 2.94 bits per heavy atom. The van der Waals surface area contributed by atoms with Crippen molar-refractivity contribution in [2.24, 2.45) is 0 Å². The van der Waals surface area contributed by atoms with E-state index >= 15 is 0 Å². The van der Waals surface area contributed by atoms with Crippen molar-refractivity contribution in [3.05, 3.63) is 29.1 Å². The van der Waals surface area contributed by atoms with E-state index in [0.29, 0.717) is 5.75 Å². The zero-order valence-corrected chi connectivity index (χ0v) is 9.89. The molecule has 0 aliphatic heterocycles. The number of phenols is 1. The van der Waals surface area contributed by atoms with Crippen LogP contribution in [0.4, 0.5) is 0 Å². The first-order valence-electron chi connectivity index (χ1n) is 5.77. The number of thiophene rings is 1. The normalized spacial score (nSPS) is 16.5. The standard InChI is InChI=1S/C13H15NOS/c15-12-6-1-3-9-7-11(16-13(9)12)8-14-10-4-2-5-10/h1,3,6-7,10,14-15H,2,4-5,8H2. The van der Waals surface area contributed by atoms with E-state index in [1.54, 1.807) is 17.4 Å². The Kier molecular flexibility index (Phi) is 2.58. The highest BCUT2D eigenvalue weighted by Gasteiger charge is 2.16. The van der Waals surface area contributed by atoms with Gasteiger partial charge in [0.2, 0.25) is 0 Å². The van der Waals surface area contributed by atoms with Crippen LogP contribution in [0.3, 0.4) is 0 Å². The Morgan fingerprint density at radius 2 is 2.25 bits per heavy atom. The van der Waals surface area contributed by atoms with Crippen LogP contribution in [-0.2, 0) is 6.54 Å². The molecule has 0 bridgehead atoms. The van der Waals surface area contributed by atoms with Crippen LogP contribution >= 0.6 is 11.3 Å².